The van der Waals surface area contributed by atoms with Crippen molar-refractivity contribution < 1.29 is 28.6 Å². The zero-order chi connectivity index (χ0) is 2.00. The Morgan fingerprint density at radius 2 is 1.00 bits per heavy atom. The zero-order valence-electron chi connectivity index (χ0n) is 6.36. The van der Waals surface area contributed by atoms with Crippen molar-refractivity contribution in [3.05, 3.63) is 0 Å². The number of hydrogen-bond donors (Lipinski definition) is 0. The predicted molar refractivity (Wildman–Crippen MR) is 42.3 cm³/mol. The van der Waals surface area contributed by atoms with E-state index in [0.717, 1.165) is 0 Å². The molecule has 0 aromatic heterocycles. The van der Waals surface area contributed by atoms with E-state index in [1.165, 1.54) is 0 Å². The van der Waals surface area contributed by atoms with Gasteiger partial charge in [-0.2, -0.15) is 29.7 Å². The van der Waals surface area contributed by atoms with Crippen LogP contribution in [0.25, 0.3) is 0 Å². The van der Waals surface area contributed by atoms with Crippen molar-refractivity contribution in [3.63, 3.8) is 0 Å². The number of rotatable bonds is 0. The van der Waals surface area contributed by atoms with Crippen LogP contribution in [0, 0.1) is 0 Å². The minimum atomic E-state index is 0. The smallest absolute Gasteiger partial charge is 1.00 e. The quantitative estimate of drug-likeness (QED) is 0.431. The molecule has 0 bridgehead atoms. The fourth-order valence-electron chi connectivity index (χ4n) is 0. The molecule has 6 heavy (non-hydrogen) atoms. The third-order valence-electron chi connectivity index (χ3n) is 0. The van der Waals surface area contributed by atoms with Gasteiger partial charge in [-0.05, 0) is 0 Å². The molecule has 0 spiro atoms. The molecular formula is CH12OP3Rh. The van der Waals surface area contributed by atoms with Crippen molar-refractivity contribution in [2.24, 2.45) is 0 Å². The molecule has 2 radical (unpaired) electrons. The third kappa shape index (κ3) is 46.8. The second-order valence-electron chi connectivity index (χ2n) is 0. The van der Waals surface area contributed by atoms with E-state index in [4.69, 9.17) is 4.79 Å². The van der Waals surface area contributed by atoms with Gasteiger partial charge < -0.3 is 4.28 Å². The minimum Gasteiger partial charge on any atom is -1.00 e. The first-order valence-electron chi connectivity index (χ1n) is 0.204. The van der Waals surface area contributed by atoms with Crippen LogP contribution in [0.15, 0.2) is 0 Å². The second kappa shape index (κ2) is 81.9. The van der Waals surface area contributed by atoms with Gasteiger partial charge in [0, 0.05) is 0 Å². The molecule has 0 saturated heterocycles. The summed E-state index contributed by atoms with van der Waals surface area (Å²) in [5.74, 6) is 0. The maximum absolute atomic E-state index is 7.50. The molecule has 0 saturated carbocycles. The molecule has 46 valence electrons. The van der Waals surface area contributed by atoms with Crippen LogP contribution in [0.4, 0.5) is 0 Å². The summed E-state index contributed by atoms with van der Waals surface area (Å²) in [6.07, 6.45) is 0. The van der Waals surface area contributed by atoms with Gasteiger partial charge in [-0.3, -0.25) is 4.79 Å². The molecule has 0 heterocycles. The van der Waals surface area contributed by atoms with Gasteiger partial charge in [0.1, 0.15) is 0 Å². The van der Waals surface area contributed by atoms with E-state index in [1.807, 2.05) is 0 Å². The maximum Gasteiger partial charge on any atom is 3.00 e. The van der Waals surface area contributed by atoms with Gasteiger partial charge in [0.2, 0.25) is 0 Å². The van der Waals surface area contributed by atoms with E-state index in [1.54, 1.807) is 0 Å². The van der Waals surface area contributed by atoms with Crippen molar-refractivity contribution in [2.75, 3.05) is 0 Å². The third-order valence-corrected chi connectivity index (χ3v) is 0. The van der Waals surface area contributed by atoms with Gasteiger partial charge in [0.05, 0.1) is 0 Å². The SMILES string of the molecule is P.P.P.[C]=O.[H-].[H-].[H-].[Rh+3]. The van der Waals surface area contributed by atoms with E-state index in [9.17, 15) is 0 Å². The van der Waals surface area contributed by atoms with Crippen LogP contribution in [-0.2, 0) is 24.3 Å². The molecule has 0 aliphatic rings. The molecule has 0 aromatic carbocycles. The normalized spacial score (nSPS) is 0.667. The van der Waals surface area contributed by atoms with E-state index in [0.29, 0.717) is 0 Å². The Balaban J connectivity index is -0.000000000238. The largest absolute Gasteiger partial charge is 3.00 e. The van der Waals surface area contributed by atoms with Crippen LogP contribution in [0.2, 0.25) is 0 Å². The maximum atomic E-state index is 7.50. The summed E-state index contributed by atoms with van der Waals surface area (Å²) in [4.78, 5) is 7.50. The first kappa shape index (κ1) is 49.2. The molecule has 1 nitrogen and oxygen atoms in total. The minimum absolute atomic E-state index is 0. The first-order valence-corrected chi connectivity index (χ1v) is 0.204. The van der Waals surface area contributed by atoms with Crippen LogP contribution in [0.3, 0.4) is 0 Å². The molecule has 0 aromatic rings. The van der Waals surface area contributed by atoms with E-state index < -0.39 is 0 Å². The molecular weight excluding hydrogens is 224 g/mol. The Hall–Kier alpha value is 1.58. The Morgan fingerprint density at radius 1 is 1.00 bits per heavy atom. The molecule has 5 heteroatoms. The van der Waals surface area contributed by atoms with Crippen LogP contribution in [0.1, 0.15) is 4.28 Å². The predicted octanol–water partition coefficient (Wildman–Crippen LogP) is 0.112. The Kier molecular flexibility index (Phi) is 672. The molecule has 0 fully saturated rings. The van der Waals surface area contributed by atoms with Gasteiger partial charge in [-0.1, -0.05) is 0 Å². The standard InChI is InChI=1S/CO.3H3P.Rh.3H/c1-2;;;;;;;/h;3*1H3;;;;/q;;;;+3;3*-1. The summed E-state index contributed by atoms with van der Waals surface area (Å²) in [6.45, 7) is 4.50. The second-order valence-corrected chi connectivity index (χ2v) is 0. The summed E-state index contributed by atoms with van der Waals surface area (Å²) < 4.78 is 0. The number of carbonyl (C=O) groups excluding carboxylic acids is 1. The van der Waals surface area contributed by atoms with Gasteiger partial charge >= 0.3 is 19.5 Å². The van der Waals surface area contributed by atoms with Gasteiger partial charge in [-0.25, -0.2) is 0 Å². The summed E-state index contributed by atoms with van der Waals surface area (Å²) >= 11 is 0. The molecule has 0 rings (SSSR count). The first-order chi connectivity index (χ1) is 1.00. The molecule has 0 amide bonds. The van der Waals surface area contributed by atoms with Crippen molar-refractivity contribution in [1.29, 1.82) is 0 Å². The Bertz CT molecular complexity index is 19.0. The topological polar surface area (TPSA) is 17.1 Å². The monoisotopic (exact) mass is 236 g/mol. The van der Waals surface area contributed by atoms with Crippen molar-refractivity contribution in [3.8, 4) is 0 Å². The van der Waals surface area contributed by atoms with Crippen LogP contribution < -0.4 is 0 Å². The van der Waals surface area contributed by atoms with Crippen LogP contribution in [-0.4, -0.2) is 6.79 Å². The Morgan fingerprint density at radius 3 is 1.00 bits per heavy atom. The molecule has 0 aliphatic carbocycles. The van der Waals surface area contributed by atoms with Crippen LogP contribution in [0.5, 0.6) is 0 Å². The van der Waals surface area contributed by atoms with Crippen molar-refractivity contribution >= 4 is 36.5 Å². The van der Waals surface area contributed by atoms with Gasteiger partial charge in [-0.15, -0.1) is 0 Å². The average molecular weight is 236 g/mol. The van der Waals surface area contributed by atoms with E-state index in [-0.39, 0.29) is 53.5 Å². The average Bonchev–Trinajstić information content (AvgIpc) is 1.00. The zero-order valence-corrected chi connectivity index (χ0v) is 9.24. The summed E-state index contributed by atoms with van der Waals surface area (Å²) in [5.41, 5.74) is 0. The molecule has 0 N–H and O–H groups in total. The summed E-state index contributed by atoms with van der Waals surface area (Å²) in [7, 11) is 0. The molecule has 3 atom stereocenters. The Labute approximate surface area is 65.5 Å². The van der Waals surface area contributed by atoms with Crippen molar-refractivity contribution in [2.45, 2.75) is 0 Å². The fourth-order valence-corrected chi connectivity index (χ4v) is 0. The van der Waals surface area contributed by atoms with E-state index >= 15 is 0 Å². The fraction of sp³-hybridized carbons (Fsp3) is 0. The summed E-state index contributed by atoms with van der Waals surface area (Å²) in [5, 5.41) is 0. The molecule has 3 unspecified atom stereocenters. The van der Waals surface area contributed by atoms with E-state index in [2.05, 4.69) is 6.79 Å². The van der Waals surface area contributed by atoms with Gasteiger partial charge in [0.25, 0.3) is 6.79 Å². The summed E-state index contributed by atoms with van der Waals surface area (Å²) in [6, 6.07) is 0. The molecule has 0 aliphatic heterocycles. The van der Waals surface area contributed by atoms with Crippen molar-refractivity contribution in [1.82, 2.24) is 0 Å². The van der Waals surface area contributed by atoms with Crippen LogP contribution >= 0.6 is 29.7 Å². The number of hydrogen-bond acceptors (Lipinski definition) is 1. The van der Waals surface area contributed by atoms with Gasteiger partial charge in [0.15, 0.2) is 0 Å².